The highest BCUT2D eigenvalue weighted by Crippen LogP contribution is 2.34. The third-order valence-corrected chi connectivity index (χ3v) is 4.24. The van der Waals surface area contributed by atoms with Crippen molar-refractivity contribution < 1.29 is 19.4 Å². The summed E-state index contributed by atoms with van der Waals surface area (Å²) in [5.41, 5.74) is 3.17. The van der Waals surface area contributed by atoms with Gasteiger partial charge in [0.2, 0.25) is 0 Å². The number of benzene rings is 2. The average molecular weight is 296 g/mol. The number of cyclic esters (lactones) is 1. The standard InChI is InChI=1S/C18H16O4/c1-18(2,13-5-3-4-11(8-13)16(19)20)14-7-6-12-10-22-17(21)15(12)9-14/h3-9H,10H2,1-2H3,(H,19,20). The maximum atomic E-state index is 11.7. The van der Waals surface area contributed by atoms with Crippen LogP contribution in [0.4, 0.5) is 0 Å². The van der Waals surface area contributed by atoms with Crippen LogP contribution in [0.25, 0.3) is 0 Å². The van der Waals surface area contributed by atoms with E-state index in [1.807, 2.05) is 38.1 Å². The Kier molecular flexibility index (Phi) is 3.24. The molecule has 1 aliphatic heterocycles. The van der Waals surface area contributed by atoms with E-state index in [0.717, 1.165) is 16.7 Å². The Bertz CT molecular complexity index is 774. The monoisotopic (exact) mass is 296 g/mol. The second-order valence-corrected chi connectivity index (χ2v) is 5.96. The Labute approximate surface area is 128 Å². The molecule has 0 fully saturated rings. The van der Waals surface area contributed by atoms with Gasteiger partial charge in [-0.25, -0.2) is 9.59 Å². The fourth-order valence-electron chi connectivity index (χ4n) is 2.71. The van der Waals surface area contributed by atoms with Gasteiger partial charge in [-0.15, -0.1) is 0 Å². The van der Waals surface area contributed by atoms with Crippen molar-refractivity contribution in [3.8, 4) is 0 Å². The minimum absolute atomic E-state index is 0.256. The van der Waals surface area contributed by atoms with Crippen LogP contribution in [-0.4, -0.2) is 17.0 Å². The van der Waals surface area contributed by atoms with E-state index in [0.29, 0.717) is 12.2 Å². The van der Waals surface area contributed by atoms with E-state index >= 15 is 0 Å². The molecule has 0 amide bonds. The summed E-state index contributed by atoms with van der Waals surface area (Å²) in [6, 6.07) is 12.6. The van der Waals surface area contributed by atoms with Gasteiger partial charge in [0.05, 0.1) is 11.1 Å². The summed E-state index contributed by atoms with van der Waals surface area (Å²) < 4.78 is 5.03. The van der Waals surface area contributed by atoms with Crippen molar-refractivity contribution in [3.63, 3.8) is 0 Å². The van der Waals surface area contributed by atoms with Crippen molar-refractivity contribution in [3.05, 3.63) is 70.3 Å². The number of aromatic carboxylic acids is 1. The van der Waals surface area contributed by atoms with Crippen LogP contribution in [0.5, 0.6) is 0 Å². The zero-order chi connectivity index (χ0) is 15.9. The van der Waals surface area contributed by atoms with E-state index in [1.165, 1.54) is 0 Å². The SMILES string of the molecule is CC(C)(c1cccc(C(=O)O)c1)c1ccc2c(c1)C(=O)OC2. The molecule has 3 rings (SSSR count). The first-order valence-electron chi connectivity index (χ1n) is 7.04. The second-order valence-electron chi connectivity index (χ2n) is 5.96. The van der Waals surface area contributed by atoms with Crippen LogP contribution >= 0.6 is 0 Å². The zero-order valence-electron chi connectivity index (χ0n) is 12.4. The average Bonchev–Trinajstić information content (AvgIpc) is 2.88. The molecule has 1 N–H and O–H groups in total. The summed E-state index contributed by atoms with van der Waals surface area (Å²) in [6.45, 7) is 4.34. The molecule has 0 aromatic heterocycles. The topological polar surface area (TPSA) is 63.6 Å². The largest absolute Gasteiger partial charge is 0.478 e. The van der Waals surface area contributed by atoms with Gasteiger partial charge >= 0.3 is 11.9 Å². The molecule has 0 bridgehead atoms. The number of carbonyl (C=O) groups is 2. The lowest BCUT2D eigenvalue weighted by Gasteiger charge is -2.26. The first-order valence-corrected chi connectivity index (χ1v) is 7.04. The van der Waals surface area contributed by atoms with Crippen molar-refractivity contribution >= 4 is 11.9 Å². The Morgan fingerprint density at radius 2 is 1.86 bits per heavy atom. The summed E-state index contributed by atoms with van der Waals surface area (Å²) >= 11 is 0. The maximum absolute atomic E-state index is 11.7. The smallest absolute Gasteiger partial charge is 0.338 e. The molecular weight excluding hydrogens is 280 g/mol. The molecule has 1 aliphatic rings. The van der Waals surface area contributed by atoms with Crippen LogP contribution in [0.3, 0.4) is 0 Å². The van der Waals surface area contributed by atoms with Gasteiger partial charge in [-0.3, -0.25) is 0 Å². The van der Waals surface area contributed by atoms with Gasteiger partial charge in [0.1, 0.15) is 6.61 Å². The third-order valence-electron chi connectivity index (χ3n) is 4.24. The number of carbonyl (C=O) groups excluding carboxylic acids is 1. The van der Waals surface area contributed by atoms with E-state index in [9.17, 15) is 9.59 Å². The maximum Gasteiger partial charge on any atom is 0.338 e. The minimum Gasteiger partial charge on any atom is -0.478 e. The molecule has 0 saturated carbocycles. The summed E-state index contributed by atoms with van der Waals surface area (Å²) in [7, 11) is 0. The first kappa shape index (κ1) is 14.3. The lowest BCUT2D eigenvalue weighted by molar-refractivity contribution is 0.0534. The van der Waals surface area contributed by atoms with E-state index in [1.54, 1.807) is 18.2 Å². The van der Waals surface area contributed by atoms with Crippen molar-refractivity contribution in [1.29, 1.82) is 0 Å². The van der Waals surface area contributed by atoms with Crippen LogP contribution in [0.2, 0.25) is 0 Å². The highest BCUT2D eigenvalue weighted by molar-refractivity contribution is 5.93. The summed E-state index contributed by atoms with van der Waals surface area (Å²) in [5, 5.41) is 9.15. The number of esters is 1. The molecule has 4 heteroatoms. The van der Waals surface area contributed by atoms with E-state index < -0.39 is 11.4 Å². The predicted octanol–water partition coefficient (Wildman–Crippen LogP) is 3.38. The molecule has 0 saturated heterocycles. The predicted molar refractivity (Wildman–Crippen MR) is 81.1 cm³/mol. The number of hydrogen-bond donors (Lipinski definition) is 1. The lowest BCUT2D eigenvalue weighted by Crippen LogP contribution is -2.20. The van der Waals surface area contributed by atoms with Gasteiger partial charge in [0, 0.05) is 11.0 Å². The van der Waals surface area contributed by atoms with Gasteiger partial charge < -0.3 is 9.84 Å². The van der Waals surface area contributed by atoms with Crippen LogP contribution in [0.1, 0.15) is 51.3 Å². The molecule has 0 radical (unpaired) electrons. The number of fused-ring (bicyclic) bond motifs is 1. The van der Waals surface area contributed by atoms with Gasteiger partial charge in [-0.05, 0) is 29.3 Å². The molecule has 112 valence electrons. The summed E-state index contributed by atoms with van der Waals surface area (Å²) in [4.78, 5) is 22.9. The third kappa shape index (κ3) is 2.26. The second kappa shape index (κ2) is 4.98. The molecule has 1 heterocycles. The number of rotatable bonds is 3. The van der Waals surface area contributed by atoms with Crippen molar-refractivity contribution in [2.24, 2.45) is 0 Å². The molecule has 2 aromatic rings. The highest BCUT2D eigenvalue weighted by Gasteiger charge is 2.28. The summed E-state index contributed by atoms with van der Waals surface area (Å²) in [6.07, 6.45) is 0. The fraction of sp³-hybridized carbons (Fsp3) is 0.222. The fourth-order valence-corrected chi connectivity index (χ4v) is 2.71. The van der Waals surface area contributed by atoms with Gasteiger partial charge in [0.15, 0.2) is 0 Å². The minimum atomic E-state index is -0.949. The molecule has 22 heavy (non-hydrogen) atoms. The van der Waals surface area contributed by atoms with Crippen LogP contribution < -0.4 is 0 Å². The Morgan fingerprint density at radius 1 is 1.14 bits per heavy atom. The lowest BCUT2D eigenvalue weighted by atomic mass is 9.77. The quantitative estimate of drug-likeness (QED) is 0.882. The molecule has 4 nitrogen and oxygen atoms in total. The van der Waals surface area contributed by atoms with Crippen molar-refractivity contribution in [1.82, 2.24) is 0 Å². The molecular formula is C18H16O4. The molecule has 0 aliphatic carbocycles. The van der Waals surface area contributed by atoms with Gasteiger partial charge in [0.25, 0.3) is 0 Å². The first-order chi connectivity index (χ1) is 10.4. The van der Waals surface area contributed by atoms with E-state index in [4.69, 9.17) is 9.84 Å². The zero-order valence-corrected chi connectivity index (χ0v) is 12.4. The van der Waals surface area contributed by atoms with Crippen LogP contribution in [0, 0.1) is 0 Å². The Balaban J connectivity index is 2.06. The normalized spacial score (nSPS) is 13.6. The Hall–Kier alpha value is -2.62. The molecule has 0 spiro atoms. The Morgan fingerprint density at radius 3 is 2.59 bits per heavy atom. The van der Waals surface area contributed by atoms with Crippen LogP contribution in [0.15, 0.2) is 42.5 Å². The highest BCUT2D eigenvalue weighted by atomic mass is 16.5. The van der Waals surface area contributed by atoms with Gasteiger partial charge in [-0.2, -0.15) is 0 Å². The summed E-state index contributed by atoms with van der Waals surface area (Å²) in [5.74, 6) is -1.25. The van der Waals surface area contributed by atoms with E-state index in [2.05, 4.69) is 0 Å². The number of hydrogen-bond acceptors (Lipinski definition) is 3. The van der Waals surface area contributed by atoms with Crippen molar-refractivity contribution in [2.75, 3.05) is 0 Å². The van der Waals surface area contributed by atoms with Crippen molar-refractivity contribution in [2.45, 2.75) is 25.9 Å². The van der Waals surface area contributed by atoms with Crippen LogP contribution in [-0.2, 0) is 16.8 Å². The molecule has 0 unspecified atom stereocenters. The number of ether oxygens (including phenoxy) is 1. The number of carboxylic acid groups (broad SMARTS) is 1. The number of carboxylic acids is 1. The van der Waals surface area contributed by atoms with E-state index in [-0.39, 0.29) is 11.5 Å². The van der Waals surface area contributed by atoms with Gasteiger partial charge in [-0.1, -0.05) is 38.1 Å². The molecule has 2 aromatic carbocycles. The molecule has 0 atom stereocenters.